The van der Waals surface area contributed by atoms with Gasteiger partial charge in [0.2, 0.25) is 11.8 Å². The minimum absolute atomic E-state index is 0. The summed E-state index contributed by atoms with van der Waals surface area (Å²) < 4.78 is 5.23. The fraction of sp³-hybridized carbons (Fsp3) is 0.556. The first-order valence-corrected chi connectivity index (χ1v) is 8.48. The standard InChI is InChI=1S/C18H27N3O3.ClH/c1-24-15-7-5-14(6-8-15)18(9-3-2-4-10-18)13-21-17(23)12-20-16(22)11-19;/h5-8H,2-4,9-13,19H2,1H3,(H,20,22)(H,21,23);1H. The van der Waals surface area contributed by atoms with Gasteiger partial charge in [-0.25, -0.2) is 0 Å². The Bertz CT molecular complexity index is 557. The van der Waals surface area contributed by atoms with Gasteiger partial charge >= 0.3 is 0 Å². The molecule has 0 radical (unpaired) electrons. The maximum Gasteiger partial charge on any atom is 0.239 e. The summed E-state index contributed by atoms with van der Waals surface area (Å²) in [5, 5.41) is 5.47. The number of halogens is 1. The van der Waals surface area contributed by atoms with E-state index in [1.165, 1.54) is 12.0 Å². The van der Waals surface area contributed by atoms with E-state index in [1.54, 1.807) is 7.11 Å². The van der Waals surface area contributed by atoms with Crippen molar-refractivity contribution in [2.75, 3.05) is 26.7 Å². The molecule has 140 valence electrons. The Kier molecular flexibility index (Phi) is 8.72. The van der Waals surface area contributed by atoms with Gasteiger partial charge in [-0.2, -0.15) is 0 Å². The van der Waals surface area contributed by atoms with E-state index in [4.69, 9.17) is 10.5 Å². The number of hydrogen-bond acceptors (Lipinski definition) is 4. The summed E-state index contributed by atoms with van der Waals surface area (Å²) >= 11 is 0. The monoisotopic (exact) mass is 369 g/mol. The molecule has 4 N–H and O–H groups in total. The summed E-state index contributed by atoms with van der Waals surface area (Å²) in [6, 6.07) is 8.11. The predicted molar refractivity (Wildman–Crippen MR) is 100 cm³/mol. The molecule has 0 atom stereocenters. The first-order valence-electron chi connectivity index (χ1n) is 8.48. The molecule has 2 rings (SSSR count). The Morgan fingerprint density at radius 2 is 1.72 bits per heavy atom. The van der Waals surface area contributed by atoms with Gasteiger partial charge in [0.05, 0.1) is 20.2 Å². The second-order valence-corrected chi connectivity index (χ2v) is 6.33. The highest BCUT2D eigenvalue weighted by Gasteiger charge is 2.34. The van der Waals surface area contributed by atoms with Gasteiger partial charge < -0.3 is 21.1 Å². The average Bonchev–Trinajstić information content (AvgIpc) is 2.65. The molecule has 1 aromatic carbocycles. The molecule has 1 aliphatic rings. The van der Waals surface area contributed by atoms with Crippen LogP contribution in [-0.4, -0.2) is 38.6 Å². The molecule has 2 amide bonds. The maximum absolute atomic E-state index is 12.0. The highest BCUT2D eigenvalue weighted by Crippen LogP contribution is 2.39. The van der Waals surface area contributed by atoms with E-state index in [-0.39, 0.29) is 42.7 Å². The number of carbonyl (C=O) groups excluding carboxylic acids is 2. The van der Waals surface area contributed by atoms with Gasteiger partial charge in [0.1, 0.15) is 5.75 Å². The van der Waals surface area contributed by atoms with Crippen molar-refractivity contribution in [3.8, 4) is 5.75 Å². The summed E-state index contributed by atoms with van der Waals surface area (Å²) in [5.74, 6) is 0.321. The van der Waals surface area contributed by atoms with Crippen LogP contribution in [0, 0.1) is 0 Å². The molecule has 0 unspecified atom stereocenters. The number of benzene rings is 1. The third-order valence-corrected chi connectivity index (χ3v) is 4.77. The molecular weight excluding hydrogens is 342 g/mol. The van der Waals surface area contributed by atoms with Crippen LogP contribution in [0.4, 0.5) is 0 Å². The van der Waals surface area contributed by atoms with Gasteiger partial charge in [-0.05, 0) is 30.5 Å². The predicted octanol–water partition coefficient (Wildman–Crippen LogP) is 1.51. The molecular formula is C18H28ClN3O3. The lowest BCUT2D eigenvalue weighted by molar-refractivity contribution is -0.125. The van der Waals surface area contributed by atoms with Crippen LogP contribution in [-0.2, 0) is 15.0 Å². The highest BCUT2D eigenvalue weighted by atomic mass is 35.5. The molecule has 0 aromatic heterocycles. The van der Waals surface area contributed by atoms with Crippen LogP contribution >= 0.6 is 12.4 Å². The van der Waals surface area contributed by atoms with Crippen molar-refractivity contribution in [3.63, 3.8) is 0 Å². The van der Waals surface area contributed by atoms with E-state index >= 15 is 0 Å². The maximum atomic E-state index is 12.0. The number of hydrogen-bond donors (Lipinski definition) is 3. The molecule has 0 saturated heterocycles. The first-order chi connectivity index (χ1) is 11.6. The summed E-state index contributed by atoms with van der Waals surface area (Å²) in [6.45, 7) is 0.439. The molecule has 0 aliphatic heterocycles. The average molecular weight is 370 g/mol. The molecule has 1 saturated carbocycles. The van der Waals surface area contributed by atoms with Crippen molar-refractivity contribution in [2.24, 2.45) is 5.73 Å². The second kappa shape index (κ2) is 10.3. The zero-order valence-corrected chi connectivity index (χ0v) is 15.5. The molecule has 6 nitrogen and oxygen atoms in total. The quantitative estimate of drug-likeness (QED) is 0.679. The molecule has 0 heterocycles. The van der Waals surface area contributed by atoms with Crippen LogP contribution in [0.2, 0.25) is 0 Å². The minimum Gasteiger partial charge on any atom is -0.497 e. The van der Waals surface area contributed by atoms with Gasteiger partial charge in [0, 0.05) is 12.0 Å². The molecule has 7 heteroatoms. The van der Waals surface area contributed by atoms with Crippen molar-refractivity contribution >= 4 is 24.2 Å². The van der Waals surface area contributed by atoms with Gasteiger partial charge in [0.25, 0.3) is 0 Å². The van der Waals surface area contributed by atoms with Gasteiger partial charge in [-0.15, -0.1) is 12.4 Å². The third-order valence-electron chi connectivity index (χ3n) is 4.77. The fourth-order valence-corrected chi connectivity index (χ4v) is 3.32. The lowest BCUT2D eigenvalue weighted by Gasteiger charge is -2.38. The molecule has 1 aromatic rings. The largest absolute Gasteiger partial charge is 0.497 e. The number of amides is 2. The van der Waals surface area contributed by atoms with Gasteiger partial charge in [-0.3, -0.25) is 9.59 Å². The number of nitrogens with one attached hydrogen (secondary N) is 2. The number of carbonyl (C=O) groups is 2. The van der Waals surface area contributed by atoms with Crippen molar-refractivity contribution < 1.29 is 14.3 Å². The zero-order valence-electron chi connectivity index (χ0n) is 14.7. The van der Waals surface area contributed by atoms with Crippen molar-refractivity contribution in [1.82, 2.24) is 10.6 Å². The second-order valence-electron chi connectivity index (χ2n) is 6.33. The Morgan fingerprint density at radius 1 is 1.08 bits per heavy atom. The summed E-state index contributed by atoms with van der Waals surface area (Å²) in [4.78, 5) is 23.1. The molecule has 1 fully saturated rings. The lowest BCUT2D eigenvalue weighted by Crippen LogP contribution is -2.46. The Labute approximate surface area is 155 Å². The number of nitrogens with two attached hydrogens (primary N) is 1. The van der Waals surface area contributed by atoms with Gasteiger partial charge in [-0.1, -0.05) is 31.4 Å². The first kappa shape index (κ1) is 21.3. The third kappa shape index (κ3) is 5.90. The number of ether oxygens (including phenoxy) is 1. The smallest absolute Gasteiger partial charge is 0.239 e. The molecule has 1 aliphatic carbocycles. The summed E-state index contributed by atoms with van der Waals surface area (Å²) in [5.41, 5.74) is 6.40. The van der Waals surface area contributed by atoms with Crippen molar-refractivity contribution in [1.29, 1.82) is 0 Å². The van der Waals surface area contributed by atoms with Crippen LogP contribution in [0.1, 0.15) is 37.7 Å². The normalized spacial score (nSPS) is 15.6. The fourth-order valence-electron chi connectivity index (χ4n) is 3.32. The van der Waals surface area contributed by atoms with Crippen LogP contribution in [0.3, 0.4) is 0 Å². The lowest BCUT2D eigenvalue weighted by atomic mass is 9.69. The van der Waals surface area contributed by atoms with E-state index in [0.29, 0.717) is 6.54 Å². The van der Waals surface area contributed by atoms with Crippen LogP contribution in [0.5, 0.6) is 5.75 Å². The van der Waals surface area contributed by atoms with Crippen LogP contribution in [0.25, 0.3) is 0 Å². The number of rotatable bonds is 7. The van der Waals surface area contributed by atoms with E-state index in [0.717, 1.165) is 31.4 Å². The van der Waals surface area contributed by atoms with Crippen LogP contribution < -0.4 is 21.1 Å². The molecule has 0 spiro atoms. The van der Waals surface area contributed by atoms with Crippen molar-refractivity contribution in [2.45, 2.75) is 37.5 Å². The van der Waals surface area contributed by atoms with Gasteiger partial charge in [0.15, 0.2) is 0 Å². The Hall–Kier alpha value is -1.79. The topological polar surface area (TPSA) is 93.5 Å². The Balaban J connectivity index is 0.00000312. The van der Waals surface area contributed by atoms with E-state index in [2.05, 4.69) is 22.8 Å². The highest BCUT2D eigenvalue weighted by molar-refractivity contribution is 5.85. The SMILES string of the molecule is COc1ccc(C2(CNC(=O)CNC(=O)CN)CCCCC2)cc1.Cl. The minimum atomic E-state index is -0.326. The number of methoxy groups -OCH3 is 1. The van der Waals surface area contributed by atoms with E-state index in [1.807, 2.05) is 12.1 Å². The summed E-state index contributed by atoms with van der Waals surface area (Å²) in [7, 11) is 1.65. The molecule has 25 heavy (non-hydrogen) atoms. The zero-order chi connectivity index (χ0) is 17.4. The molecule has 0 bridgehead atoms. The van der Waals surface area contributed by atoms with Crippen molar-refractivity contribution in [3.05, 3.63) is 29.8 Å². The Morgan fingerprint density at radius 3 is 2.28 bits per heavy atom. The summed E-state index contributed by atoms with van der Waals surface area (Å²) in [6.07, 6.45) is 5.65. The van der Waals surface area contributed by atoms with E-state index in [9.17, 15) is 9.59 Å². The van der Waals surface area contributed by atoms with Crippen LogP contribution in [0.15, 0.2) is 24.3 Å². The van der Waals surface area contributed by atoms with E-state index < -0.39 is 0 Å².